The molecule has 120 valence electrons. The number of thiophene rings is 1. The van der Waals surface area contributed by atoms with Crippen molar-refractivity contribution in [2.45, 2.75) is 25.4 Å². The molecule has 1 aromatic carbocycles. The summed E-state index contributed by atoms with van der Waals surface area (Å²) >= 11 is 1.56. The Morgan fingerprint density at radius 1 is 1.13 bits per heavy atom. The molecule has 5 nitrogen and oxygen atoms in total. The summed E-state index contributed by atoms with van der Waals surface area (Å²) in [7, 11) is 0. The van der Waals surface area contributed by atoms with Gasteiger partial charge in [-0.3, -0.25) is 9.59 Å². The molecule has 1 unspecified atom stereocenters. The van der Waals surface area contributed by atoms with E-state index in [0.717, 1.165) is 17.7 Å². The molecule has 2 amide bonds. The molecule has 1 saturated heterocycles. The van der Waals surface area contributed by atoms with Gasteiger partial charge in [-0.25, -0.2) is 0 Å². The zero-order chi connectivity index (χ0) is 16.1. The second-order valence-electron chi connectivity index (χ2n) is 5.37. The minimum Gasteiger partial charge on any atom is -0.368 e. The van der Waals surface area contributed by atoms with Crippen LogP contribution in [0.4, 0.5) is 11.4 Å². The first-order valence-electron chi connectivity index (χ1n) is 7.55. The number of anilines is 2. The molecule has 0 aliphatic carbocycles. The van der Waals surface area contributed by atoms with E-state index >= 15 is 0 Å². The molecule has 1 atom stereocenters. The lowest BCUT2D eigenvalue weighted by atomic mass is 10.2. The van der Waals surface area contributed by atoms with Gasteiger partial charge in [0.25, 0.3) is 5.91 Å². The van der Waals surface area contributed by atoms with E-state index in [0.29, 0.717) is 24.4 Å². The minimum absolute atomic E-state index is 0.0522. The highest BCUT2D eigenvalue weighted by molar-refractivity contribution is 7.10. The monoisotopic (exact) mass is 330 g/mol. The van der Waals surface area contributed by atoms with Crippen molar-refractivity contribution in [2.24, 2.45) is 0 Å². The molecule has 0 spiro atoms. The van der Waals surface area contributed by atoms with Crippen LogP contribution in [0.1, 0.15) is 17.7 Å². The van der Waals surface area contributed by atoms with Crippen molar-refractivity contribution in [3.63, 3.8) is 0 Å². The fourth-order valence-corrected chi connectivity index (χ4v) is 3.12. The molecule has 6 heteroatoms. The van der Waals surface area contributed by atoms with Crippen molar-refractivity contribution in [1.29, 1.82) is 0 Å². The van der Waals surface area contributed by atoms with E-state index < -0.39 is 0 Å². The first-order valence-corrected chi connectivity index (χ1v) is 8.43. The van der Waals surface area contributed by atoms with Gasteiger partial charge < -0.3 is 15.4 Å². The Morgan fingerprint density at radius 2 is 1.87 bits per heavy atom. The van der Waals surface area contributed by atoms with Gasteiger partial charge in [-0.15, -0.1) is 11.3 Å². The zero-order valence-corrected chi connectivity index (χ0v) is 13.4. The van der Waals surface area contributed by atoms with Crippen LogP contribution < -0.4 is 10.6 Å². The van der Waals surface area contributed by atoms with Gasteiger partial charge in [0.15, 0.2) is 0 Å². The molecular formula is C17H18N2O3S. The van der Waals surface area contributed by atoms with Crippen LogP contribution in [0.2, 0.25) is 0 Å². The third-order valence-corrected chi connectivity index (χ3v) is 4.45. The fraction of sp³-hybridized carbons (Fsp3) is 0.294. The molecule has 23 heavy (non-hydrogen) atoms. The minimum atomic E-state index is -0.347. The van der Waals surface area contributed by atoms with Gasteiger partial charge in [-0.2, -0.15) is 0 Å². The summed E-state index contributed by atoms with van der Waals surface area (Å²) in [5, 5.41) is 7.62. The second-order valence-corrected chi connectivity index (χ2v) is 6.40. The third-order valence-electron chi connectivity index (χ3n) is 3.57. The molecule has 1 fully saturated rings. The number of nitrogens with one attached hydrogen (secondary N) is 2. The molecule has 2 N–H and O–H groups in total. The van der Waals surface area contributed by atoms with Gasteiger partial charge in [0.1, 0.15) is 6.10 Å². The van der Waals surface area contributed by atoms with Crippen LogP contribution in [0.15, 0.2) is 41.8 Å². The van der Waals surface area contributed by atoms with Crippen molar-refractivity contribution in [2.75, 3.05) is 17.2 Å². The molecule has 2 heterocycles. The molecule has 0 radical (unpaired) electrons. The molecule has 1 aliphatic rings. The Bertz CT molecular complexity index is 662. The lowest BCUT2D eigenvalue weighted by molar-refractivity contribution is -0.124. The van der Waals surface area contributed by atoms with E-state index in [9.17, 15) is 9.59 Å². The van der Waals surface area contributed by atoms with Crippen LogP contribution in [0, 0.1) is 0 Å². The quantitative estimate of drug-likeness (QED) is 0.885. The van der Waals surface area contributed by atoms with Crippen molar-refractivity contribution in [3.8, 4) is 0 Å². The number of rotatable bonds is 5. The lowest BCUT2D eigenvalue weighted by Gasteiger charge is -2.11. The smallest absolute Gasteiger partial charge is 0.253 e. The highest BCUT2D eigenvalue weighted by atomic mass is 32.1. The van der Waals surface area contributed by atoms with Gasteiger partial charge in [-0.05, 0) is 48.6 Å². The van der Waals surface area contributed by atoms with Crippen LogP contribution in [0.3, 0.4) is 0 Å². The van der Waals surface area contributed by atoms with Crippen LogP contribution in [0.25, 0.3) is 0 Å². The van der Waals surface area contributed by atoms with Gasteiger partial charge >= 0.3 is 0 Å². The normalized spacial score (nSPS) is 17.0. The number of carbonyl (C=O) groups is 2. The van der Waals surface area contributed by atoms with Crippen LogP contribution in [0.5, 0.6) is 0 Å². The molecule has 0 saturated carbocycles. The van der Waals surface area contributed by atoms with E-state index in [1.807, 2.05) is 17.5 Å². The Kier molecular flexibility index (Phi) is 5.05. The predicted molar refractivity (Wildman–Crippen MR) is 90.7 cm³/mol. The van der Waals surface area contributed by atoms with E-state index in [-0.39, 0.29) is 17.9 Å². The molecule has 1 aromatic heterocycles. The molecule has 2 aromatic rings. The molecular weight excluding hydrogens is 312 g/mol. The Morgan fingerprint density at radius 3 is 2.48 bits per heavy atom. The van der Waals surface area contributed by atoms with E-state index in [2.05, 4.69) is 10.6 Å². The standard InChI is InChI=1S/C17H18N2O3S/c20-16(11-14-3-2-10-23-14)18-12-5-7-13(8-6-12)19-17(21)15-4-1-9-22-15/h2-3,5-8,10,15H,1,4,9,11H2,(H,18,20)(H,19,21). The summed E-state index contributed by atoms with van der Waals surface area (Å²) in [5.74, 6) is -0.166. The summed E-state index contributed by atoms with van der Waals surface area (Å²) in [6.45, 7) is 0.646. The highest BCUT2D eigenvalue weighted by Crippen LogP contribution is 2.18. The van der Waals surface area contributed by atoms with Crippen molar-refractivity contribution in [3.05, 3.63) is 46.7 Å². The maximum absolute atomic E-state index is 12.0. The summed E-state index contributed by atoms with van der Waals surface area (Å²) < 4.78 is 5.35. The SMILES string of the molecule is O=C(Cc1cccs1)Nc1ccc(NC(=O)C2CCCO2)cc1. The first-order chi connectivity index (χ1) is 11.2. The summed E-state index contributed by atoms with van der Waals surface area (Å²) in [6, 6.07) is 11.0. The van der Waals surface area contributed by atoms with E-state index in [1.165, 1.54) is 0 Å². The third kappa shape index (κ3) is 4.40. The van der Waals surface area contributed by atoms with Crippen molar-refractivity contribution < 1.29 is 14.3 Å². The van der Waals surface area contributed by atoms with Crippen LogP contribution >= 0.6 is 11.3 Å². The first kappa shape index (κ1) is 15.7. The van der Waals surface area contributed by atoms with Crippen molar-refractivity contribution >= 4 is 34.5 Å². The predicted octanol–water partition coefficient (Wildman–Crippen LogP) is 3.05. The summed E-state index contributed by atoms with van der Waals surface area (Å²) in [5.41, 5.74) is 1.41. The van der Waals surface area contributed by atoms with Gasteiger partial charge in [0.2, 0.25) is 5.91 Å². The number of carbonyl (C=O) groups excluding carboxylic acids is 2. The van der Waals surface area contributed by atoms with E-state index in [1.54, 1.807) is 35.6 Å². The Labute approximate surface area is 138 Å². The number of benzene rings is 1. The largest absolute Gasteiger partial charge is 0.368 e. The topological polar surface area (TPSA) is 67.4 Å². The number of amides is 2. The van der Waals surface area contributed by atoms with Gasteiger partial charge in [-0.1, -0.05) is 6.07 Å². The van der Waals surface area contributed by atoms with E-state index in [4.69, 9.17) is 4.74 Å². The molecule has 3 rings (SSSR count). The fourth-order valence-electron chi connectivity index (χ4n) is 2.42. The maximum Gasteiger partial charge on any atom is 0.253 e. The molecule has 1 aliphatic heterocycles. The summed E-state index contributed by atoms with van der Waals surface area (Å²) in [4.78, 5) is 24.9. The number of hydrogen-bond donors (Lipinski definition) is 2. The average Bonchev–Trinajstić information content (AvgIpc) is 3.22. The second kappa shape index (κ2) is 7.39. The Hall–Kier alpha value is -2.18. The zero-order valence-electron chi connectivity index (χ0n) is 12.6. The Balaban J connectivity index is 1.52. The summed E-state index contributed by atoms with van der Waals surface area (Å²) in [6.07, 6.45) is 1.71. The van der Waals surface area contributed by atoms with Crippen LogP contribution in [-0.2, 0) is 20.7 Å². The maximum atomic E-state index is 12.0. The number of hydrogen-bond acceptors (Lipinski definition) is 4. The van der Waals surface area contributed by atoms with Crippen LogP contribution in [-0.4, -0.2) is 24.5 Å². The van der Waals surface area contributed by atoms with Crippen molar-refractivity contribution in [1.82, 2.24) is 0 Å². The average molecular weight is 330 g/mol. The lowest BCUT2D eigenvalue weighted by Crippen LogP contribution is -2.26. The highest BCUT2D eigenvalue weighted by Gasteiger charge is 2.23. The number of ether oxygens (including phenoxy) is 1. The van der Waals surface area contributed by atoms with Gasteiger partial charge in [0.05, 0.1) is 6.42 Å². The van der Waals surface area contributed by atoms with Gasteiger partial charge in [0, 0.05) is 22.9 Å². The molecule has 0 bridgehead atoms.